The molecule has 0 fully saturated rings. The highest BCUT2D eigenvalue weighted by Gasteiger charge is 2.13. The smallest absolute Gasteiger partial charge is 0.274 e. The summed E-state index contributed by atoms with van der Waals surface area (Å²) in [5.74, 6) is -0.241. The molecule has 0 unspecified atom stereocenters. The lowest BCUT2D eigenvalue weighted by Gasteiger charge is -2.08. The van der Waals surface area contributed by atoms with Crippen molar-refractivity contribution in [1.29, 1.82) is 5.26 Å². The lowest BCUT2D eigenvalue weighted by Crippen LogP contribution is -2.17. The van der Waals surface area contributed by atoms with Crippen LogP contribution in [0.4, 0.5) is 11.4 Å². The number of ether oxygens (including phenoxy) is 1. The molecular weight excluding hydrogens is 356 g/mol. The van der Waals surface area contributed by atoms with Crippen molar-refractivity contribution < 1.29 is 14.3 Å². The van der Waals surface area contributed by atoms with E-state index in [0.717, 1.165) is 0 Å². The van der Waals surface area contributed by atoms with Gasteiger partial charge in [-0.15, -0.1) is 0 Å². The molecule has 3 rings (SSSR count). The van der Waals surface area contributed by atoms with Crippen LogP contribution in [0.15, 0.2) is 66.9 Å². The van der Waals surface area contributed by atoms with Crippen LogP contribution in [0.3, 0.4) is 0 Å². The highest BCUT2D eigenvalue weighted by Crippen LogP contribution is 2.18. The maximum Gasteiger partial charge on any atom is 0.274 e. The molecule has 0 spiro atoms. The van der Waals surface area contributed by atoms with Gasteiger partial charge in [0.1, 0.15) is 11.4 Å². The number of hydrogen-bond acceptors (Lipinski definition) is 5. The summed E-state index contributed by atoms with van der Waals surface area (Å²) in [5, 5.41) is 14.3. The molecule has 3 aromatic rings. The number of nitriles is 1. The summed E-state index contributed by atoms with van der Waals surface area (Å²) in [7, 11) is 1.54. The number of nitrogens with zero attached hydrogens (tertiary/aromatic N) is 2. The van der Waals surface area contributed by atoms with Crippen molar-refractivity contribution in [2.24, 2.45) is 0 Å². The average Bonchev–Trinajstić information content (AvgIpc) is 2.74. The quantitative estimate of drug-likeness (QED) is 0.714. The van der Waals surface area contributed by atoms with E-state index in [2.05, 4.69) is 15.6 Å². The summed E-state index contributed by atoms with van der Waals surface area (Å²) in [6.45, 7) is 0. The molecule has 0 radical (unpaired) electrons. The lowest BCUT2D eigenvalue weighted by molar-refractivity contribution is 0.102. The highest BCUT2D eigenvalue weighted by molar-refractivity contribution is 6.07. The zero-order valence-corrected chi connectivity index (χ0v) is 15.0. The summed E-state index contributed by atoms with van der Waals surface area (Å²) in [6.07, 6.45) is 1.39. The van der Waals surface area contributed by atoms with Gasteiger partial charge in [-0.2, -0.15) is 5.26 Å². The van der Waals surface area contributed by atoms with Crippen molar-refractivity contribution in [3.8, 4) is 11.8 Å². The van der Waals surface area contributed by atoms with Crippen molar-refractivity contribution in [2.45, 2.75) is 0 Å². The molecule has 0 atom stereocenters. The van der Waals surface area contributed by atoms with Gasteiger partial charge >= 0.3 is 0 Å². The van der Waals surface area contributed by atoms with Gasteiger partial charge in [0.15, 0.2) is 0 Å². The van der Waals surface area contributed by atoms with E-state index in [0.29, 0.717) is 22.7 Å². The fourth-order valence-corrected chi connectivity index (χ4v) is 2.46. The van der Waals surface area contributed by atoms with Gasteiger partial charge in [-0.25, -0.2) is 0 Å². The summed E-state index contributed by atoms with van der Waals surface area (Å²) < 4.78 is 5.13. The van der Waals surface area contributed by atoms with Gasteiger partial charge in [0.25, 0.3) is 11.8 Å². The van der Waals surface area contributed by atoms with Gasteiger partial charge < -0.3 is 15.4 Å². The minimum atomic E-state index is -0.480. The summed E-state index contributed by atoms with van der Waals surface area (Å²) in [6, 6.07) is 18.4. The molecule has 1 heterocycles. The highest BCUT2D eigenvalue weighted by atomic mass is 16.5. The number of rotatable bonds is 5. The Morgan fingerprint density at radius 1 is 0.964 bits per heavy atom. The molecular formula is C21H16N4O3. The van der Waals surface area contributed by atoms with Crippen LogP contribution in [0, 0.1) is 11.3 Å². The molecule has 2 N–H and O–H groups in total. The average molecular weight is 372 g/mol. The first-order chi connectivity index (χ1) is 13.6. The molecule has 0 aliphatic heterocycles. The van der Waals surface area contributed by atoms with Crippen LogP contribution in [-0.2, 0) is 0 Å². The number of anilines is 2. The van der Waals surface area contributed by atoms with Crippen LogP contribution in [0.2, 0.25) is 0 Å². The van der Waals surface area contributed by atoms with Gasteiger partial charge in [-0.1, -0.05) is 12.1 Å². The van der Waals surface area contributed by atoms with Gasteiger partial charge in [0.2, 0.25) is 0 Å². The molecule has 2 amide bonds. The van der Waals surface area contributed by atoms with Crippen LogP contribution in [0.1, 0.15) is 26.4 Å². The standard InChI is InChI=1S/C21H16N4O3/c1-28-18-7-3-6-17(12-18)24-20(26)15-8-9-23-19(11-15)21(27)25-16-5-2-4-14(10-16)13-22/h2-12H,1H3,(H,24,26)(H,25,27). The third-order valence-corrected chi connectivity index (χ3v) is 3.83. The molecule has 2 aromatic carbocycles. The van der Waals surface area contributed by atoms with E-state index in [1.807, 2.05) is 6.07 Å². The second kappa shape index (κ2) is 8.47. The minimum Gasteiger partial charge on any atom is -0.497 e. The van der Waals surface area contributed by atoms with Crippen molar-refractivity contribution in [2.75, 3.05) is 17.7 Å². The van der Waals surface area contributed by atoms with Crippen LogP contribution in [0.5, 0.6) is 5.75 Å². The Hall–Kier alpha value is -4.18. The summed E-state index contributed by atoms with van der Waals surface area (Å²) in [4.78, 5) is 28.9. The van der Waals surface area contributed by atoms with E-state index >= 15 is 0 Å². The Morgan fingerprint density at radius 3 is 2.43 bits per heavy atom. The monoisotopic (exact) mass is 372 g/mol. The third kappa shape index (κ3) is 4.51. The number of hydrogen-bond donors (Lipinski definition) is 2. The molecule has 138 valence electrons. The Bertz CT molecular complexity index is 1070. The van der Waals surface area contributed by atoms with Crippen LogP contribution >= 0.6 is 0 Å². The first kappa shape index (κ1) is 18.6. The minimum absolute atomic E-state index is 0.0839. The van der Waals surface area contributed by atoms with Crippen molar-refractivity contribution in [3.63, 3.8) is 0 Å². The topological polar surface area (TPSA) is 104 Å². The largest absolute Gasteiger partial charge is 0.497 e. The number of carbonyl (C=O) groups is 2. The first-order valence-corrected chi connectivity index (χ1v) is 8.32. The van der Waals surface area contributed by atoms with Crippen molar-refractivity contribution in [1.82, 2.24) is 4.98 Å². The Morgan fingerprint density at radius 2 is 1.68 bits per heavy atom. The Labute approximate surface area is 161 Å². The van der Waals surface area contributed by atoms with Gasteiger partial charge in [0.05, 0.1) is 18.7 Å². The number of carbonyl (C=O) groups excluding carboxylic acids is 2. The number of amides is 2. The maximum absolute atomic E-state index is 12.5. The Kier molecular flexibility index (Phi) is 5.63. The molecule has 0 saturated heterocycles. The van der Waals surface area contributed by atoms with E-state index in [4.69, 9.17) is 10.00 Å². The van der Waals surface area contributed by atoms with Crippen LogP contribution in [-0.4, -0.2) is 23.9 Å². The van der Waals surface area contributed by atoms with Crippen LogP contribution in [0.25, 0.3) is 0 Å². The number of nitrogens with one attached hydrogen (secondary N) is 2. The number of pyridine rings is 1. The zero-order valence-electron chi connectivity index (χ0n) is 15.0. The molecule has 7 heteroatoms. The second-order valence-corrected chi connectivity index (χ2v) is 5.76. The maximum atomic E-state index is 12.5. The fraction of sp³-hybridized carbons (Fsp3) is 0.0476. The lowest BCUT2D eigenvalue weighted by atomic mass is 10.2. The molecule has 1 aromatic heterocycles. The van der Waals surface area contributed by atoms with Gasteiger partial charge in [-0.3, -0.25) is 14.6 Å². The third-order valence-electron chi connectivity index (χ3n) is 3.83. The predicted molar refractivity (Wildman–Crippen MR) is 104 cm³/mol. The van der Waals surface area contributed by atoms with E-state index < -0.39 is 5.91 Å². The normalized spacial score (nSPS) is 9.86. The zero-order chi connectivity index (χ0) is 19.9. The van der Waals surface area contributed by atoms with Crippen LogP contribution < -0.4 is 15.4 Å². The van der Waals surface area contributed by atoms with Gasteiger partial charge in [0, 0.05) is 29.2 Å². The molecule has 0 aliphatic rings. The number of benzene rings is 2. The first-order valence-electron chi connectivity index (χ1n) is 8.32. The van der Waals surface area contributed by atoms with Crippen molar-refractivity contribution >= 4 is 23.2 Å². The molecule has 28 heavy (non-hydrogen) atoms. The van der Waals surface area contributed by atoms with E-state index in [-0.39, 0.29) is 17.2 Å². The predicted octanol–water partition coefficient (Wildman–Crippen LogP) is 3.47. The van der Waals surface area contributed by atoms with Gasteiger partial charge in [-0.05, 0) is 42.5 Å². The SMILES string of the molecule is COc1cccc(NC(=O)c2ccnc(C(=O)Nc3cccc(C#N)c3)c2)c1. The van der Waals surface area contributed by atoms with E-state index in [9.17, 15) is 9.59 Å². The summed E-state index contributed by atoms with van der Waals surface area (Å²) in [5.41, 5.74) is 1.84. The Balaban J connectivity index is 1.74. The van der Waals surface area contributed by atoms with E-state index in [1.165, 1.54) is 18.3 Å². The second-order valence-electron chi connectivity index (χ2n) is 5.76. The molecule has 0 aliphatic carbocycles. The fourth-order valence-electron chi connectivity index (χ4n) is 2.46. The molecule has 0 bridgehead atoms. The van der Waals surface area contributed by atoms with Crippen molar-refractivity contribution in [3.05, 3.63) is 83.7 Å². The molecule has 0 saturated carbocycles. The molecule has 7 nitrogen and oxygen atoms in total. The number of aromatic nitrogens is 1. The van der Waals surface area contributed by atoms with E-state index in [1.54, 1.807) is 55.6 Å². The number of methoxy groups -OCH3 is 1. The summed E-state index contributed by atoms with van der Waals surface area (Å²) >= 11 is 0.